The first-order chi connectivity index (χ1) is 7.18. The molecule has 0 aromatic carbocycles. The van der Waals surface area contributed by atoms with E-state index < -0.39 is 17.1 Å². The predicted molar refractivity (Wildman–Crippen MR) is 55.0 cm³/mol. The zero-order chi connectivity index (χ0) is 11.1. The van der Waals surface area contributed by atoms with E-state index in [1.165, 1.54) is 32.4 Å². The molecule has 0 bridgehead atoms. The second-order valence-corrected chi connectivity index (χ2v) is 3.17. The molecule has 0 spiro atoms. The molecule has 1 saturated heterocycles. The van der Waals surface area contributed by atoms with Gasteiger partial charge in [-0.25, -0.2) is 14.4 Å². The van der Waals surface area contributed by atoms with Crippen molar-refractivity contribution < 1.29 is 0 Å². The van der Waals surface area contributed by atoms with Crippen molar-refractivity contribution in [2.24, 2.45) is 0 Å². The van der Waals surface area contributed by atoms with Crippen LogP contribution in [-0.4, -0.2) is 28.0 Å². The van der Waals surface area contributed by atoms with Crippen molar-refractivity contribution in [3.63, 3.8) is 0 Å². The Labute approximate surface area is 84.9 Å². The summed E-state index contributed by atoms with van der Waals surface area (Å²) < 4.78 is 0. The Morgan fingerprint density at radius 3 is 1.27 bits per heavy atom. The summed E-state index contributed by atoms with van der Waals surface area (Å²) >= 11 is 0. The fourth-order valence-electron chi connectivity index (χ4n) is 1.20. The topological polar surface area (TPSA) is 111 Å². The van der Waals surface area contributed by atoms with Crippen LogP contribution in [0.15, 0.2) is 14.4 Å². The molecule has 2 heterocycles. The monoisotopic (exact) mass is 214 g/mol. The molecule has 84 valence electrons. The summed E-state index contributed by atoms with van der Waals surface area (Å²) in [5.74, 6) is 0. The lowest BCUT2D eigenvalue weighted by Gasteiger charge is -2.08. The number of H-pyrrole nitrogens is 3. The number of piperidine rings is 1. The molecule has 0 unspecified atom stereocenters. The van der Waals surface area contributed by atoms with Gasteiger partial charge in [0, 0.05) is 0 Å². The van der Waals surface area contributed by atoms with E-state index in [-0.39, 0.29) is 0 Å². The van der Waals surface area contributed by atoms with Crippen molar-refractivity contribution in [3.05, 3.63) is 31.5 Å². The summed E-state index contributed by atoms with van der Waals surface area (Å²) in [6.45, 7) is 2.50. The number of nitrogens with one attached hydrogen (secondary N) is 4. The predicted octanol–water partition coefficient (Wildman–Crippen LogP) is -1.49. The van der Waals surface area contributed by atoms with E-state index in [4.69, 9.17) is 0 Å². The van der Waals surface area contributed by atoms with E-state index in [1.807, 2.05) is 0 Å². The summed E-state index contributed by atoms with van der Waals surface area (Å²) in [5, 5.41) is 3.28. The van der Waals surface area contributed by atoms with Gasteiger partial charge in [-0.15, -0.1) is 0 Å². The molecule has 1 fully saturated rings. The van der Waals surface area contributed by atoms with E-state index in [2.05, 4.69) is 5.32 Å². The number of hydrogen-bond acceptors (Lipinski definition) is 4. The molecule has 7 heteroatoms. The highest BCUT2D eigenvalue weighted by Crippen LogP contribution is 1.96. The zero-order valence-electron chi connectivity index (χ0n) is 8.26. The Hall–Kier alpha value is -1.63. The van der Waals surface area contributed by atoms with Crippen LogP contribution in [-0.2, 0) is 0 Å². The normalized spacial score (nSPS) is 15.2. The molecular weight excluding hydrogens is 200 g/mol. The third-order valence-corrected chi connectivity index (χ3v) is 1.89. The third-order valence-electron chi connectivity index (χ3n) is 1.89. The summed E-state index contributed by atoms with van der Waals surface area (Å²) in [7, 11) is 0. The van der Waals surface area contributed by atoms with Crippen molar-refractivity contribution in [3.8, 4) is 0 Å². The third kappa shape index (κ3) is 4.96. The van der Waals surface area contributed by atoms with Gasteiger partial charge in [0.05, 0.1) is 0 Å². The summed E-state index contributed by atoms with van der Waals surface area (Å²) in [5.41, 5.74) is -2.41. The van der Waals surface area contributed by atoms with E-state index >= 15 is 0 Å². The number of hydrogen-bond donors (Lipinski definition) is 4. The fourth-order valence-corrected chi connectivity index (χ4v) is 1.20. The Kier molecular flexibility index (Phi) is 4.55. The van der Waals surface area contributed by atoms with Gasteiger partial charge in [0.1, 0.15) is 0 Å². The van der Waals surface area contributed by atoms with Gasteiger partial charge >= 0.3 is 17.1 Å². The largest absolute Gasteiger partial charge is 0.330 e. The van der Waals surface area contributed by atoms with Crippen LogP contribution in [0, 0.1) is 0 Å². The summed E-state index contributed by atoms with van der Waals surface area (Å²) in [6.07, 6.45) is 4.22. The average molecular weight is 214 g/mol. The van der Waals surface area contributed by atoms with Crippen LogP contribution in [0.5, 0.6) is 0 Å². The molecule has 7 nitrogen and oxygen atoms in total. The van der Waals surface area contributed by atoms with Gasteiger partial charge < -0.3 is 5.32 Å². The lowest BCUT2D eigenvalue weighted by atomic mass is 10.2. The van der Waals surface area contributed by atoms with Crippen molar-refractivity contribution >= 4 is 0 Å². The minimum atomic E-state index is -0.802. The Bertz CT molecular complexity index is 350. The van der Waals surface area contributed by atoms with E-state index in [9.17, 15) is 14.4 Å². The second kappa shape index (κ2) is 5.97. The molecule has 2 rings (SSSR count). The van der Waals surface area contributed by atoms with Crippen molar-refractivity contribution in [2.75, 3.05) is 13.1 Å². The Balaban J connectivity index is 0.000000162. The minimum absolute atomic E-state index is 0.802. The molecule has 1 aliphatic rings. The maximum Gasteiger partial charge on any atom is 0.330 e. The maximum absolute atomic E-state index is 10.2. The van der Waals surface area contributed by atoms with E-state index in [0.29, 0.717) is 0 Å². The molecule has 4 N–H and O–H groups in total. The van der Waals surface area contributed by atoms with Crippen LogP contribution < -0.4 is 22.4 Å². The molecular formula is C8H14N4O3. The molecule has 0 amide bonds. The first-order valence-electron chi connectivity index (χ1n) is 4.82. The van der Waals surface area contributed by atoms with Crippen molar-refractivity contribution in [2.45, 2.75) is 19.3 Å². The van der Waals surface area contributed by atoms with Gasteiger partial charge in [-0.3, -0.25) is 15.0 Å². The van der Waals surface area contributed by atoms with Crippen LogP contribution in [0.1, 0.15) is 19.3 Å². The van der Waals surface area contributed by atoms with Crippen LogP contribution in [0.25, 0.3) is 0 Å². The number of aromatic nitrogens is 3. The lowest BCUT2D eigenvalue weighted by Crippen LogP contribution is -2.34. The quantitative estimate of drug-likeness (QED) is 0.421. The van der Waals surface area contributed by atoms with Crippen LogP contribution >= 0.6 is 0 Å². The lowest BCUT2D eigenvalue weighted by molar-refractivity contribution is 0.520. The molecule has 15 heavy (non-hydrogen) atoms. The average Bonchev–Trinajstić information content (AvgIpc) is 2.19. The van der Waals surface area contributed by atoms with Crippen LogP contribution in [0.2, 0.25) is 0 Å². The van der Waals surface area contributed by atoms with Crippen molar-refractivity contribution in [1.82, 2.24) is 20.3 Å². The smallest absolute Gasteiger partial charge is 0.317 e. The van der Waals surface area contributed by atoms with Crippen molar-refractivity contribution in [1.29, 1.82) is 0 Å². The summed E-state index contributed by atoms with van der Waals surface area (Å²) in [6, 6.07) is 0. The first kappa shape index (κ1) is 11.4. The van der Waals surface area contributed by atoms with Gasteiger partial charge in [0.2, 0.25) is 0 Å². The standard InChI is InChI=1S/C5H11N.C3H3N3O3/c1-2-4-6-5-3-1;7-1-4-2(8)6-3(9)5-1/h6H,1-5H2;(H3,4,5,6,7,8,9). The fraction of sp³-hybridized carbons (Fsp3) is 0.625. The number of aromatic amines is 3. The van der Waals surface area contributed by atoms with Crippen LogP contribution in [0.3, 0.4) is 0 Å². The van der Waals surface area contributed by atoms with Crippen LogP contribution in [0.4, 0.5) is 0 Å². The SMILES string of the molecule is C1CCNCC1.O=c1[nH]c(=O)[nH]c(=O)[nH]1. The van der Waals surface area contributed by atoms with Gasteiger partial charge in [-0.1, -0.05) is 6.42 Å². The number of rotatable bonds is 0. The van der Waals surface area contributed by atoms with Gasteiger partial charge in [-0.2, -0.15) is 0 Å². The maximum atomic E-state index is 10.2. The molecule has 0 saturated carbocycles. The van der Waals surface area contributed by atoms with Gasteiger partial charge in [0.25, 0.3) is 0 Å². The van der Waals surface area contributed by atoms with Gasteiger partial charge in [0.15, 0.2) is 0 Å². The first-order valence-corrected chi connectivity index (χ1v) is 4.82. The molecule has 0 aliphatic carbocycles. The highest BCUT2D eigenvalue weighted by Gasteiger charge is 1.93. The molecule has 1 aliphatic heterocycles. The highest BCUT2D eigenvalue weighted by molar-refractivity contribution is 4.60. The Morgan fingerprint density at radius 1 is 0.667 bits per heavy atom. The zero-order valence-corrected chi connectivity index (χ0v) is 8.26. The summed E-state index contributed by atoms with van der Waals surface area (Å²) in [4.78, 5) is 35.9. The highest BCUT2D eigenvalue weighted by atomic mass is 16.2. The Morgan fingerprint density at radius 2 is 1.07 bits per heavy atom. The van der Waals surface area contributed by atoms with Gasteiger partial charge in [-0.05, 0) is 25.9 Å². The molecule has 1 aromatic rings. The molecule has 0 atom stereocenters. The molecule has 1 aromatic heterocycles. The second-order valence-electron chi connectivity index (χ2n) is 3.17. The van der Waals surface area contributed by atoms with E-state index in [0.717, 1.165) is 0 Å². The minimum Gasteiger partial charge on any atom is -0.317 e. The van der Waals surface area contributed by atoms with E-state index in [1.54, 1.807) is 15.0 Å². The molecule has 0 radical (unpaired) electrons.